The zero-order valence-corrected chi connectivity index (χ0v) is 12.8. The van der Waals surface area contributed by atoms with Crippen molar-refractivity contribution in [3.63, 3.8) is 0 Å². The van der Waals surface area contributed by atoms with E-state index in [-0.39, 0.29) is 0 Å². The van der Waals surface area contributed by atoms with Gasteiger partial charge in [-0.25, -0.2) is 4.98 Å². The van der Waals surface area contributed by atoms with Crippen molar-refractivity contribution in [1.82, 2.24) is 14.5 Å². The average molecular weight is 305 g/mol. The summed E-state index contributed by atoms with van der Waals surface area (Å²) in [5.74, 6) is 0.851. The van der Waals surface area contributed by atoms with E-state index < -0.39 is 0 Å². The van der Waals surface area contributed by atoms with Crippen LogP contribution in [0, 0.1) is 4.77 Å². The minimum absolute atomic E-state index is 0.643. The molecule has 0 unspecified atom stereocenters. The van der Waals surface area contributed by atoms with Crippen LogP contribution in [0.25, 0.3) is 11.0 Å². The van der Waals surface area contributed by atoms with E-state index in [1.165, 1.54) is 0 Å². The first-order valence-electron chi connectivity index (χ1n) is 6.52. The van der Waals surface area contributed by atoms with Crippen molar-refractivity contribution in [2.45, 2.75) is 19.9 Å². The number of nitrogens with zero attached hydrogens (tertiary/aromatic N) is 2. The Morgan fingerprint density at radius 1 is 1.45 bits per heavy atom. The van der Waals surface area contributed by atoms with Crippen molar-refractivity contribution in [3.05, 3.63) is 39.6 Å². The Morgan fingerprint density at radius 2 is 2.35 bits per heavy atom. The molecule has 1 N–H and O–H groups in total. The Labute approximate surface area is 126 Å². The molecule has 0 fully saturated rings. The number of benzene rings is 1. The standard InChI is InChI=1S/C14H15N3OS2/c1-2-18-11-5-3-4-10-13(11)16-14(19)17(10)8-6-12-15-7-9-20-12/h3-5,7,9H,2,6,8H2,1H3,(H,16,19). The van der Waals surface area contributed by atoms with Crippen molar-refractivity contribution in [3.8, 4) is 5.75 Å². The van der Waals surface area contributed by atoms with Gasteiger partial charge in [0, 0.05) is 24.5 Å². The fourth-order valence-corrected chi connectivity index (χ4v) is 3.14. The van der Waals surface area contributed by atoms with Crippen molar-refractivity contribution < 1.29 is 4.74 Å². The SMILES string of the molecule is CCOc1cccc2c1[nH]c(=S)n2CCc1nccs1. The molecule has 2 aromatic heterocycles. The van der Waals surface area contributed by atoms with E-state index in [1.807, 2.05) is 30.6 Å². The van der Waals surface area contributed by atoms with Gasteiger partial charge in [0.25, 0.3) is 0 Å². The molecule has 0 saturated heterocycles. The highest BCUT2D eigenvalue weighted by molar-refractivity contribution is 7.71. The molecule has 0 aliphatic heterocycles. The molecule has 1 aromatic carbocycles. The Balaban J connectivity index is 1.96. The Bertz CT molecular complexity index is 758. The highest BCUT2D eigenvalue weighted by atomic mass is 32.1. The molecule has 0 atom stereocenters. The molecule has 3 aromatic rings. The van der Waals surface area contributed by atoms with Crippen LogP contribution in [0.15, 0.2) is 29.8 Å². The van der Waals surface area contributed by atoms with E-state index in [0.29, 0.717) is 6.61 Å². The molecule has 0 amide bonds. The molecule has 0 spiro atoms. The average Bonchev–Trinajstić information content (AvgIpc) is 3.05. The summed E-state index contributed by atoms with van der Waals surface area (Å²) >= 11 is 7.10. The zero-order chi connectivity index (χ0) is 13.9. The zero-order valence-electron chi connectivity index (χ0n) is 11.1. The fourth-order valence-electron chi connectivity index (χ4n) is 2.24. The van der Waals surface area contributed by atoms with E-state index >= 15 is 0 Å². The van der Waals surface area contributed by atoms with Gasteiger partial charge in [0.1, 0.15) is 11.3 Å². The number of imidazole rings is 1. The number of aromatic nitrogens is 3. The van der Waals surface area contributed by atoms with Crippen molar-refractivity contribution in [1.29, 1.82) is 0 Å². The molecule has 0 saturated carbocycles. The number of rotatable bonds is 5. The molecular weight excluding hydrogens is 290 g/mol. The second-order valence-corrected chi connectivity index (χ2v) is 5.71. The van der Waals surface area contributed by atoms with Crippen molar-refractivity contribution >= 4 is 34.6 Å². The Hall–Kier alpha value is -1.66. The van der Waals surface area contributed by atoms with Gasteiger partial charge in [-0.05, 0) is 31.3 Å². The van der Waals surface area contributed by atoms with Gasteiger partial charge in [-0.1, -0.05) is 6.07 Å². The summed E-state index contributed by atoms with van der Waals surface area (Å²) in [4.78, 5) is 7.56. The lowest BCUT2D eigenvalue weighted by atomic mass is 10.3. The van der Waals surface area contributed by atoms with Gasteiger partial charge in [-0.3, -0.25) is 0 Å². The van der Waals surface area contributed by atoms with E-state index in [1.54, 1.807) is 11.3 Å². The first-order chi connectivity index (χ1) is 9.79. The fraction of sp³-hybridized carbons (Fsp3) is 0.286. The van der Waals surface area contributed by atoms with Gasteiger partial charge in [-0.15, -0.1) is 11.3 Å². The summed E-state index contributed by atoms with van der Waals surface area (Å²) < 4.78 is 8.47. The van der Waals surface area contributed by atoms with Gasteiger partial charge in [0.05, 0.1) is 17.1 Å². The van der Waals surface area contributed by atoms with Crippen LogP contribution in [0.5, 0.6) is 5.75 Å². The number of nitrogens with one attached hydrogen (secondary N) is 1. The Morgan fingerprint density at radius 3 is 3.10 bits per heavy atom. The number of H-pyrrole nitrogens is 1. The smallest absolute Gasteiger partial charge is 0.178 e. The van der Waals surface area contributed by atoms with Crippen LogP contribution < -0.4 is 4.74 Å². The number of para-hydroxylation sites is 1. The number of aromatic amines is 1. The number of hydrogen-bond acceptors (Lipinski definition) is 4. The predicted molar refractivity (Wildman–Crippen MR) is 84.1 cm³/mol. The molecule has 104 valence electrons. The highest BCUT2D eigenvalue weighted by Crippen LogP contribution is 2.25. The highest BCUT2D eigenvalue weighted by Gasteiger charge is 2.09. The van der Waals surface area contributed by atoms with E-state index in [0.717, 1.165) is 39.5 Å². The lowest BCUT2D eigenvalue weighted by Gasteiger charge is -2.05. The van der Waals surface area contributed by atoms with Crippen LogP contribution in [-0.2, 0) is 13.0 Å². The maximum Gasteiger partial charge on any atom is 0.178 e. The second kappa shape index (κ2) is 5.76. The number of thiazole rings is 1. The maximum atomic E-state index is 5.64. The summed E-state index contributed by atoms with van der Waals surface area (Å²) in [7, 11) is 0. The normalized spacial score (nSPS) is 11.1. The third kappa shape index (κ3) is 2.48. The lowest BCUT2D eigenvalue weighted by molar-refractivity contribution is 0.343. The summed E-state index contributed by atoms with van der Waals surface area (Å²) in [6.07, 6.45) is 2.72. The van der Waals surface area contributed by atoms with Gasteiger partial charge in [0.2, 0.25) is 0 Å². The number of fused-ring (bicyclic) bond motifs is 1. The summed E-state index contributed by atoms with van der Waals surface area (Å²) in [6.45, 7) is 3.44. The minimum Gasteiger partial charge on any atom is -0.492 e. The van der Waals surface area contributed by atoms with Crippen LogP contribution in [0.3, 0.4) is 0 Å². The lowest BCUT2D eigenvalue weighted by Crippen LogP contribution is -2.01. The molecule has 0 bridgehead atoms. The van der Waals surface area contributed by atoms with Gasteiger partial charge in [0.15, 0.2) is 4.77 Å². The number of hydrogen-bond donors (Lipinski definition) is 1. The van der Waals surface area contributed by atoms with Crippen LogP contribution in [0.1, 0.15) is 11.9 Å². The molecule has 4 nitrogen and oxygen atoms in total. The molecule has 0 aliphatic carbocycles. The maximum absolute atomic E-state index is 5.64. The molecule has 2 heterocycles. The molecule has 20 heavy (non-hydrogen) atoms. The minimum atomic E-state index is 0.643. The third-order valence-electron chi connectivity index (χ3n) is 3.10. The second-order valence-electron chi connectivity index (χ2n) is 4.34. The first kappa shape index (κ1) is 13.3. The molecule has 6 heteroatoms. The van der Waals surface area contributed by atoms with Crippen LogP contribution in [0.4, 0.5) is 0 Å². The van der Waals surface area contributed by atoms with Gasteiger partial charge in [-0.2, -0.15) is 0 Å². The first-order valence-corrected chi connectivity index (χ1v) is 7.81. The van der Waals surface area contributed by atoms with Crippen LogP contribution >= 0.6 is 23.6 Å². The number of ether oxygens (including phenoxy) is 1. The monoisotopic (exact) mass is 305 g/mol. The van der Waals surface area contributed by atoms with Crippen molar-refractivity contribution in [2.24, 2.45) is 0 Å². The van der Waals surface area contributed by atoms with Gasteiger partial charge < -0.3 is 14.3 Å². The molecule has 3 rings (SSSR count). The van der Waals surface area contributed by atoms with Crippen LogP contribution in [-0.4, -0.2) is 21.1 Å². The summed E-state index contributed by atoms with van der Waals surface area (Å²) in [5.41, 5.74) is 2.05. The largest absolute Gasteiger partial charge is 0.492 e. The van der Waals surface area contributed by atoms with E-state index in [4.69, 9.17) is 17.0 Å². The van der Waals surface area contributed by atoms with Crippen LogP contribution in [0.2, 0.25) is 0 Å². The summed E-state index contributed by atoms with van der Waals surface area (Å²) in [5, 5.41) is 3.12. The predicted octanol–water partition coefficient (Wildman–Crippen LogP) is 3.80. The van der Waals surface area contributed by atoms with Crippen molar-refractivity contribution in [2.75, 3.05) is 6.61 Å². The third-order valence-corrected chi connectivity index (χ3v) is 4.27. The quantitative estimate of drug-likeness (QED) is 0.729. The molecular formula is C14H15N3OS2. The Kier molecular flexibility index (Phi) is 3.84. The topological polar surface area (TPSA) is 42.8 Å². The van der Waals surface area contributed by atoms with E-state index in [9.17, 15) is 0 Å². The summed E-state index contributed by atoms with van der Waals surface area (Å²) in [6, 6.07) is 6.02. The van der Waals surface area contributed by atoms with E-state index in [2.05, 4.69) is 20.6 Å². The molecule has 0 radical (unpaired) electrons. The van der Waals surface area contributed by atoms with Gasteiger partial charge >= 0.3 is 0 Å². The molecule has 0 aliphatic rings. The number of aryl methyl sites for hydroxylation is 2.